The molecular weight excluding hydrogens is 262 g/mol. The molecule has 0 heterocycles. The molecule has 1 rings (SSSR count). The van der Waals surface area contributed by atoms with Crippen molar-refractivity contribution in [3.05, 3.63) is 22.7 Å². The van der Waals surface area contributed by atoms with E-state index in [9.17, 15) is 0 Å². The standard InChI is InChI=1S/C15H24ClNO2/c1-4-10-17-11-6-5-7-12-8-9-13(18-2)14(16)15(12)19-3/h8-9,17H,4-7,10-11H2,1-3H3. The zero-order valence-corrected chi connectivity index (χ0v) is 12.8. The number of hydrogen-bond donors (Lipinski definition) is 1. The number of halogens is 1. The van der Waals surface area contributed by atoms with Gasteiger partial charge in [0, 0.05) is 0 Å². The third-order valence-electron chi connectivity index (χ3n) is 3.04. The maximum absolute atomic E-state index is 6.23. The maximum atomic E-state index is 6.23. The van der Waals surface area contributed by atoms with Gasteiger partial charge in [-0.15, -0.1) is 0 Å². The summed E-state index contributed by atoms with van der Waals surface area (Å²) >= 11 is 6.23. The Morgan fingerprint density at radius 1 is 1.11 bits per heavy atom. The zero-order valence-electron chi connectivity index (χ0n) is 12.1. The van der Waals surface area contributed by atoms with Gasteiger partial charge in [0.05, 0.1) is 14.2 Å². The lowest BCUT2D eigenvalue weighted by Crippen LogP contribution is -2.15. The van der Waals surface area contributed by atoms with Gasteiger partial charge in [-0.3, -0.25) is 0 Å². The molecule has 4 heteroatoms. The summed E-state index contributed by atoms with van der Waals surface area (Å²) in [5.41, 5.74) is 1.14. The number of unbranched alkanes of at least 4 members (excludes halogenated alkanes) is 1. The van der Waals surface area contributed by atoms with Crippen molar-refractivity contribution in [1.82, 2.24) is 5.32 Å². The molecule has 0 aliphatic carbocycles. The fraction of sp³-hybridized carbons (Fsp3) is 0.600. The van der Waals surface area contributed by atoms with Gasteiger partial charge in [-0.1, -0.05) is 24.6 Å². The molecule has 0 aliphatic rings. The second-order valence-electron chi connectivity index (χ2n) is 4.48. The molecule has 1 N–H and O–H groups in total. The molecule has 1 aromatic rings. The van der Waals surface area contributed by atoms with Crippen LogP contribution in [0.1, 0.15) is 31.7 Å². The summed E-state index contributed by atoms with van der Waals surface area (Å²) in [6, 6.07) is 3.93. The van der Waals surface area contributed by atoms with E-state index in [0.717, 1.165) is 43.7 Å². The largest absolute Gasteiger partial charge is 0.495 e. The molecular formula is C15H24ClNO2. The van der Waals surface area contributed by atoms with Crippen LogP contribution in [0.5, 0.6) is 11.5 Å². The van der Waals surface area contributed by atoms with E-state index in [0.29, 0.717) is 10.8 Å². The van der Waals surface area contributed by atoms with Crippen molar-refractivity contribution < 1.29 is 9.47 Å². The summed E-state index contributed by atoms with van der Waals surface area (Å²) < 4.78 is 10.6. The predicted octanol–water partition coefficient (Wildman–Crippen LogP) is 3.68. The van der Waals surface area contributed by atoms with E-state index in [1.54, 1.807) is 14.2 Å². The van der Waals surface area contributed by atoms with Crippen LogP contribution in [0.25, 0.3) is 0 Å². The minimum Gasteiger partial charge on any atom is -0.495 e. The van der Waals surface area contributed by atoms with Crippen molar-refractivity contribution in [1.29, 1.82) is 0 Å². The predicted molar refractivity (Wildman–Crippen MR) is 80.7 cm³/mol. The van der Waals surface area contributed by atoms with Crippen LogP contribution >= 0.6 is 11.6 Å². The van der Waals surface area contributed by atoms with Crippen LogP contribution in [0.4, 0.5) is 0 Å². The van der Waals surface area contributed by atoms with E-state index in [1.165, 1.54) is 6.42 Å². The average molecular weight is 286 g/mol. The minimum absolute atomic E-state index is 0.562. The molecule has 0 fully saturated rings. The van der Waals surface area contributed by atoms with Gasteiger partial charge in [0.2, 0.25) is 0 Å². The average Bonchev–Trinajstić information content (AvgIpc) is 2.43. The maximum Gasteiger partial charge on any atom is 0.144 e. The summed E-state index contributed by atoms with van der Waals surface area (Å²) in [6.45, 7) is 4.34. The van der Waals surface area contributed by atoms with Crippen LogP contribution in [0.2, 0.25) is 5.02 Å². The van der Waals surface area contributed by atoms with Gasteiger partial charge in [-0.05, 0) is 50.4 Å². The van der Waals surface area contributed by atoms with Crippen molar-refractivity contribution in [2.24, 2.45) is 0 Å². The SMILES string of the molecule is CCCNCCCCc1ccc(OC)c(Cl)c1OC. The Morgan fingerprint density at radius 3 is 2.53 bits per heavy atom. The third-order valence-corrected chi connectivity index (χ3v) is 3.40. The van der Waals surface area contributed by atoms with Crippen LogP contribution in [-0.4, -0.2) is 27.3 Å². The number of benzene rings is 1. The van der Waals surface area contributed by atoms with Crippen molar-refractivity contribution in [3.63, 3.8) is 0 Å². The van der Waals surface area contributed by atoms with E-state index < -0.39 is 0 Å². The topological polar surface area (TPSA) is 30.5 Å². The lowest BCUT2D eigenvalue weighted by atomic mass is 10.1. The summed E-state index contributed by atoms with van der Waals surface area (Å²) in [5, 5.41) is 3.96. The normalized spacial score (nSPS) is 10.5. The Kier molecular flexibility index (Phi) is 7.68. The van der Waals surface area contributed by atoms with Crippen LogP contribution in [0.15, 0.2) is 12.1 Å². The fourth-order valence-corrected chi connectivity index (χ4v) is 2.36. The van der Waals surface area contributed by atoms with E-state index in [4.69, 9.17) is 21.1 Å². The minimum atomic E-state index is 0.562. The van der Waals surface area contributed by atoms with Crippen molar-refractivity contribution in [2.75, 3.05) is 27.3 Å². The first kappa shape index (κ1) is 16.1. The van der Waals surface area contributed by atoms with Gasteiger partial charge in [0.1, 0.15) is 16.5 Å². The molecule has 0 radical (unpaired) electrons. The number of ether oxygens (including phenoxy) is 2. The molecule has 0 saturated heterocycles. The van der Waals surface area contributed by atoms with Gasteiger partial charge in [0.15, 0.2) is 0 Å². The van der Waals surface area contributed by atoms with Crippen molar-refractivity contribution >= 4 is 11.6 Å². The molecule has 0 atom stereocenters. The second kappa shape index (κ2) is 9.05. The highest BCUT2D eigenvalue weighted by Gasteiger charge is 2.12. The van der Waals surface area contributed by atoms with Crippen molar-refractivity contribution in [3.8, 4) is 11.5 Å². The van der Waals surface area contributed by atoms with Gasteiger partial charge in [-0.2, -0.15) is 0 Å². The zero-order chi connectivity index (χ0) is 14.1. The number of rotatable bonds is 9. The number of hydrogen-bond acceptors (Lipinski definition) is 3. The van der Waals surface area contributed by atoms with Crippen LogP contribution < -0.4 is 14.8 Å². The molecule has 0 amide bonds. The first-order chi connectivity index (χ1) is 9.24. The summed E-state index contributed by atoms with van der Waals surface area (Å²) in [5.74, 6) is 1.40. The Labute approximate surface area is 121 Å². The van der Waals surface area contributed by atoms with E-state index >= 15 is 0 Å². The molecule has 3 nitrogen and oxygen atoms in total. The summed E-state index contributed by atoms with van der Waals surface area (Å²) in [6.07, 6.45) is 4.44. The number of nitrogens with one attached hydrogen (secondary N) is 1. The summed E-state index contributed by atoms with van der Waals surface area (Å²) in [7, 11) is 3.26. The van der Waals surface area contributed by atoms with Gasteiger partial charge in [0.25, 0.3) is 0 Å². The molecule has 0 aliphatic heterocycles. The third kappa shape index (κ3) is 4.92. The molecule has 0 spiro atoms. The molecule has 1 aromatic carbocycles. The van der Waals surface area contributed by atoms with Crippen LogP contribution in [0, 0.1) is 0 Å². The smallest absolute Gasteiger partial charge is 0.144 e. The van der Waals surface area contributed by atoms with Gasteiger partial charge < -0.3 is 14.8 Å². The summed E-state index contributed by atoms with van der Waals surface area (Å²) in [4.78, 5) is 0. The van der Waals surface area contributed by atoms with E-state index in [2.05, 4.69) is 12.2 Å². The first-order valence-corrected chi connectivity index (χ1v) is 7.22. The molecule has 0 saturated carbocycles. The Balaban J connectivity index is 2.51. The molecule has 0 aromatic heterocycles. The Bertz CT molecular complexity index is 383. The highest BCUT2D eigenvalue weighted by Crippen LogP contribution is 2.37. The molecule has 0 bridgehead atoms. The second-order valence-corrected chi connectivity index (χ2v) is 4.86. The van der Waals surface area contributed by atoms with Crippen LogP contribution in [0.3, 0.4) is 0 Å². The van der Waals surface area contributed by atoms with Gasteiger partial charge in [-0.25, -0.2) is 0 Å². The van der Waals surface area contributed by atoms with Crippen LogP contribution in [-0.2, 0) is 6.42 Å². The molecule has 0 unspecified atom stereocenters. The lowest BCUT2D eigenvalue weighted by Gasteiger charge is -2.13. The highest BCUT2D eigenvalue weighted by atomic mass is 35.5. The van der Waals surface area contributed by atoms with E-state index in [1.807, 2.05) is 12.1 Å². The Hall–Kier alpha value is -0.930. The monoisotopic (exact) mass is 285 g/mol. The quantitative estimate of drug-likeness (QED) is 0.702. The first-order valence-electron chi connectivity index (χ1n) is 6.84. The van der Waals surface area contributed by atoms with E-state index in [-0.39, 0.29) is 0 Å². The fourth-order valence-electron chi connectivity index (χ4n) is 2.02. The highest BCUT2D eigenvalue weighted by molar-refractivity contribution is 6.33. The lowest BCUT2D eigenvalue weighted by molar-refractivity contribution is 0.391. The van der Waals surface area contributed by atoms with Crippen molar-refractivity contribution in [2.45, 2.75) is 32.6 Å². The Morgan fingerprint density at radius 2 is 1.89 bits per heavy atom. The molecule has 19 heavy (non-hydrogen) atoms. The number of aryl methyl sites for hydroxylation is 1. The molecule has 108 valence electrons. The number of methoxy groups -OCH3 is 2. The van der Waals surface area contributed by atoms with Gasteiger partial charge >= 0.3 is 0 Å².